The van der Waals surface area contributed by atoms with Gasteiger partial charge in [-0.25, -0.2) is 9.59 Å². The van der Waals surface area contributed by atoms with Crippen molar-refractivity contribution in [1.82, 2.24) is 5.32 Å². The lowest BCUT2D eigenvalue weighted by Gasteiger charge is -2.18. The summed E-state index contributed by atoms with van der Waals surface area (Å²) < 4.78 is 10.4. The van der Waals surface area contributed by atoms with E-state index in [1.807, 2.05) is 24.3 Å². The molecule has 3 rings (SSSR count). The predicted molar refractivity (Wildman–Crippen MR) is 103 cm³/mol. The van der Waals surface area contributed by atoms with Crippen LogP contribution in [-0.2, 0) is 14.3 Å². The Balaban J connectivity index is 1.68. The lowest BCUT2D eigenvalue weighted by atomic mass is 9.98. The van der Waals surface area contributed by atoms with Crippen LogP contribution >= 0.6 is 0 Å². The molecule has 27 heavy (non-hydrogen) atoms. The molecule has 1 amide bonds. The molecule has 2 aromatic carbocycles. The number of amides is 1. The first-order chi connectivity index (χ1) is 13.2. The number of hydrogen-bond donors (Lipinski definition) is 1. The third-order valence-electron chi connectivity index (χ3n) is 4.61. The Kier molecular flexibility index (Phi) is 5.91. The number of alkyl carbamates (subject to hydrolysis) is 1. The fourth-order valence-corrected chi connectivity index (χ4v) is 3.41. The van der Waals surface area contributed by atoms with Crippen molar-refractivity contribution in [2.45, 2.75) is 25.3 Å². The van der Waals surface area contributed by atoms with Gasteiger partial charge in [-0.15, -0.1) is 6.58 Å². The maximum absolute atomic E-state index is 12.2. The zero-order chi connectivity index (χ0) is 19.2. The summed E-state index contributed by atoms with van der Waals surface area (Å²) in [5.74, 6) is -0.519. The molecule has 140 valence electrons. The minimum absolute atomic E-state index is 0.0244. The normalized spacial score (nSPS) is 13.2. The van der Waals surface area contributed by atoms with Gasteiger partial charge in [-0.3, -0.25) is 0 Å². The molecule has 5 nitrogen and oxygen atoms in total. The molecule has 0 heterocycles. The van der Waals surface area contributed by atoms with E-state index in [-0.39, 0.29) is 25.6 Å². The molecule has 1 atom stereocenters. The fourth-order valence-electron chi connectivity index (χ4n) is 3.41. The lowest BCUT2D eigenvalue weighted by Crippen LogP contribution is -2.42. The second-order valence-corrected chi connectivity index (χ2v) is 6.30. The van der Waals surface area contributed by atoms with E-state index in [9.17, 15) is 9.59 Å². The van der Waals surface area contributed by atoms with Crippen molar-refractivity contribution < 1.29 is 19.1 Å². The molecule has 0 aliphatic heterocycles. The average molecular weight is 365 g/mol. The number of hydrogen-bond acceptors (Lipinski definition) is 4. The number of rotatable bonds is 7. The van der Waals surface area contributed by atoms with Crippen molar-refractivity contribution in [1.29, 1.82) is 0 Å². The predicted octanol–water partition coefficient (Wildman–Crippen LogP) is 4.03. The largest absolute Gasteiger partial charge is 0.464 e. The van der Waals surface area contributed by atoms with Gasteiger partial charge in [0.25, 0.3) is 0 Å². The van der Waals surface area contributed by atoms with Crippen LogP contribution in [0.25, 0.3) is 11.1 Å². The molecule has 5 heteroatoms. The van der Waals surface area contributed by atoms with E-state index in [0.29, 0.717) is 0 Å². The molecule has 0 fully saturated rings. The number of benzene rings is 2. The van der Waals surface area contributed by atoms with E-state index in [1.165, 1.54) is 0 Å². The average Bonchev–Trinajstić information content (AvgIpc) is 3.00. The number of esters is 1. The van der Waals surface area contributed by atoms with Gasteiger partial charge in [-0.2, -0.15) is 0 Å². The minimum Gasteiger partial charge on any atom is -0.464 e. The maximum atomic E-state index is 12.2. The van der Waals surface area contributed by atoms with E-state index < -0.39 is 18.1 Å². The monoisotopic (exact) mass is 365 g/mol. The van der Waals surface area contributed by atoms with Gasteiger partial charge in [-0.05, 0) is 35.6 Å². The van der Waals surface area contributed by atoms with Crippen LogP contribution in [0.4, 0.5) is 4.79 Å². The molecular weight excluding hydrogens is 342 g/mol. The molecule has 0 saturated heterocycles. The van der Waals surface area contributed by atoms with Crippen molar-refractivity contribution >= 4 is 12.1 Å². The summed E-state index contributed by atoms with van der Waals surface area (Å²) in [6.45, 7) is 5.77. The smallest absolute Gasteiger partial charge is 0.407 e. The lowest BCUT2D eigenvalue weighted by molar-refractivity contribution is -0.145. The van der Waals surface area contributed by atoms with Gasteiger partial charge < -0.3 is 14.8 Å². The molecule has 0 aromatic heterocycles. The number of nitrogens with one attached hydrogen (secondary N) is 1. The zero-order valence-corrected chi connectivity index (χ0v) is 15.3. The highest BCUT2D eigenvalue weighted by molar-refractivity contribution is 5.82. The van der Waals surface area contributed by atoms with E-state index in [2.05, 4.69) is 36.2 Å². The first-order valence-electron chi connectivity index (χ1n) is 9.04. The van der Waals surface area contributed by atoms with Crippen LogP contribution in [0.3, 0.4) is 0 Å². The summed E-state index contributed by atoms with van der Waals surface area (Å²) in [5, 5.41) is 2.57. The topological polar surface area (TPSA) is 64.6 Å². The molecule has 1 aliphatic rings. The summed E-state index contributed by atoms with van der Waals surface area (Å²) in [7, 11) is 0. The van der Waals surface area contributed by atoms with E-state index in [1.54, 1.807) is 13.0 Å². The molecular formula is C22H23NO4. The van der Waals surface area contributed by atoms with Crippen molar-refractivity contribution in [2.75, 3.05) is 13.2 Å². The standard InChI is InChI=1S/C22H23NO4/c1-3-9-20(21(24)26-4-2)23-22(25)27-14-19-17-12-7-5-10-15(17)16-11-6-8-13-18(16)19/h3,5-8,10-13,19-20H,1,4,9,14H2,2H3,(H,23,25)/t20-/m1/s1. The highest BCUT2D eigenvalue weighted by Gasteiger charge is 2.29. The number of carbonyl (C=O) groups is 2. The molecule has 0 radical (unpaired) electrons. The van der Waals surface area contributed by atoms with Gasteiger partial charge in [0.15, 0.2) is 0 Å². The van der Waals surface area contributed by atoms with Crippen LogP contribution in [0.15, 0.2) is 61.2 Å². The number of fused-ring (bicyclic) bond motifs is 3. The van der Waals surface area contributed by atoms with Gasteiger partial charge in [-0.1, -0.05) is 54.6 Å². The highest BCUT2D eigenvalue weighted by Crippen LogP contribution is 2.44. The summed E-state index contributed by atoms with van der Waals surface area (Å²) in [4.78, 5) is 24.2. The number of ether oxygens (including phenoxy) is 2. The Morgan fingerprint density at radius 2 is 1.67 bits per heavy atom. The van der Waals surface area contributed by atoms with Crippen LogP contribution in [0, 0.1) is 0 Å². The fraction of sp³-hybridized carbons (Fsp3) is 0.273. The summed E-state index contributed by atoms with van der Waals surface area (Å²) in [6.07, 6.45) is 1.20. The Morgan fingerprint density at radius 1 is 1.07 bits per heavy atom. The van der Waals surface area contributed by atoms with Crippen molar-refractivity contribution in [3.63, 3.8) is 0 Å². The van der Waals surface area contributed by atoms with Crippen LogP contribution < -0.4 is 5.32 Å². The highest BCUT2D eigenvalue weighted by atomic mass is 16.6. The van der Waals surface area contributed by atoms with Crippen LogP contribution in [0.1, 0.15) is 30.4 Å². The van der Waals surface area contributed by atoms with E-state index in [4.69, 9.17) is 9.47 Å². The van der Waals surface area contributed by atoms with Gasteiger partial charge in [0, 0.05) is 5.92 Å². The minimum atomic E-state index is -0.793. The molecule has 0 saturated carbocycles. The first-order valence-corrected chi connectivity index (χ1v) is 9.04. The Morgan fingerprint density at radius 3 is 2.22 bits per heavy atom. The third kappa shape index (κ3) is 4.03. The quantitative estimate of drug-likeness (QED) is 0.594. The van der Waals surface area contributed by atoms with Crippen LogP contribution in [-0.4, -0.2) is 31.3 Å². The van der Waals surface area contributed by atoms with Gasteiger partial charge >= 0.3 is 12.1 Å². The van der Waals surface area contributed by atoms with Crippen LogP contribution in [0.5, 0.6) is 0 Å². The third-order valence-corrected chi connectivity index (χ3v) is 4.61. The molecule has 2 aromatic rings. The van der Waals surface area contributed by atoms with Crippen molar-refractivity contribution in [3.8, 4) is 11.1 Å². The second kappa shape index (κ2) is 8.54. The van der Waals surface area contributed by atoms with E-state index in [0.717, 1.165) is 22.3 Å². The second-order valence-electron chi connectivity index (χ2n) is 6.30. The first kappa shape index (κ1) is 18.7. The molecule has 1 aliphatic carbocycles. The number of carbonyl (C=O) groups excluding carboxylic acids is 2. The molecule has 0 spiro atoms. The molecule has 1 N–H and O–H groups in total. The summed E-state index contributed by atoms with van der Waals surface area (Å²) in [5.41, 5.74) is 4.61. The summed E-state index contributed by atoms with van der Waals surface area (Å²) in [6, 6.07) is 15.5. The Labute approximate surface area is 159 Å². The SMILES string of the molecule is C=CC[C@@H](NC(=O)OCC1c2ccccc2-c2ccccc21)C(=O)OCC. The maximum Gasteiger partial charge on any atom is 0.407 e. The van der Waals surface area contributed by atoms with Gasteiger partial charge in [0.1, 0.15) is 12.6 Å². The van der Waals surface area contributed by atoms with Crippen molar-refractivity contribution in [3.05, 3.63) is 72.3 Å². The molecule has 0 unspecified atom stereocenters. The summed E-state index contributed by atoms with van der Waals surface area (Å²) >= 11 is 0. The Hall–Kier alpha value is -3.08. The molecule has 0 bridgehead atoms. The van der Waals surface area contributed by atoms with Gasteiger partial charge in [0.05, 0.1) is 6.61 Å². The Bertz CT molecular complexity index is 800. The van der Waals surface area contributed by atoms with E-state index >= 15 is 0 Å². The zero-order valence-electron chi connectivity index (χ0n) is 15.3. The van der Waals surface area contributed by atoms with Gasteiger partial charge in [0.2, 0.25) is 0 Å². The van der Waals surface area contributed by atoms with Crippen LogP contribution in [0.2, 0.25) is 0 Å². The van der Waals surface area contributed by atoms with Crippen molar-refractivity contribution in [2.24, 2.45) is 0 Å².